The average Bonchev–Trinajstić information content (AvgIpc) is 3.53. The summed E-state index contributed by atoms with van der Waals surface area (Å²) in [6, 6.07) is 22.9. The molecule has 2 atom stereocenters. The van der Waals surface area contributed by atoms with Gasteiger partial charge >= 0.3 is 0 Å². The summed E-state index contributed by atoms with van der Waals surface area (Å²) >= 11 is 7.59. The van der Waals surface area contributed by atoms with E-state index in [0.717, 1.165) is 46.9 Å². The number of halogens is 1. The number of rotatable bonds is 12. The molecular weight excluding hydrogens is 626 g/mol. The molecule has 2 unspecified atom stereocenters. The number of fused-ring (bicyclic) bond motifs is 1. The zero-order valence-electron chi connectivity index (χ0n) is 26.1. The van der Waals surface area contributed by atoms with Gasteiger partial charge in [-0.1, -0.05) is 74.0 Å². The van der Waals surface area contributed by atoms with Gasteiger partial charge < -0.3 is 15.0 Å². The molecular formula is C35H40ClN3O4S2. The smallest absolute Gasteiger partial charge is 0.274 e. The number of carbonyl (C=O) groups is 1. The van der Waals surface area contributed by atoms with Gasteiger partial charge in [0.2, 0.25) is 5.91 Å². The Morgan fingerprint density at radius 2 is 1.84 bits per heavy atom. The van der Waals surface area contributed by atoms with Crippen LogP contribution >= 0.6 is 22.9 Å². The van der Waals surface area contributed by atoms with Crippen molar-refractivity contribution in [3.8, 4) is 5.75 Å². The molecule has 0 saturated carbocycles. The molecule has 238 valence electrons. The van der Waals surface area contributed by atoms with Crippen molar-refractivity contribution in [2.24, 2.45) is 5.92 Å². The van der Waals surface area contributed by atoms with Gasteiger partial charge in [-0.15, -0.1) is 11.3 Å². The molecule has 1 aliphatic rings. The first kappa shape index (κ1) is 33.0. The van der Waals surface area contributed by atoms with Crippen LogP contribution in [0.4, 0.5) is 5.69 Å². The Hall–Kier alpha value is -3.37. The number of benzene rings is 3. The number of thiophene rings is 1. The molecule has 45 heavy (non-hydrogen) atoms. The van der Waals surface area contributed by atoms with Crippen molar-refractivity contribution in [3.63, 3.8) is 0 Å². The summed E-state index contributed by atoms with van der Waals surface area (Å²) in [4.78, 5) is 16.2. The van der Waals surface area contributed by atoms with Gasteiger partial charge in [-0.05, 0) is 72.3 Å². The molecule has 5 rings (SSSR count). The van der Waals surface area contributed by atoms with Crippen molar-refractivity contribution in [1.82, 2.24) is 10.2 Å². The highest BCUT2D eigenvalue weighted by Gasteiger charge is 2.36. The van der Waals surface area contributed by atoms with Gasteiger partial charge in [0.1, 0.15) is 9.96 Å². The minimum atomic E-state index is -4.05. The minimum absolute atomic E-state index is 0.0923. The highest BCUT2D eigenvalue weighted by molar-refractivity contribution is 7.94. The van der Waals surface area contributed by atoms with Gasteiger partial charge in [0.25, 0.3) is 10.0 Å². The lowest BCUT2D eigenvalue weighted by Crippen LogP contribution is -2.39. The predicted octanol–water partition coefficient (Wildman–Crippen LogP) is 7.76. The molecule has 3 aromatic carbocycles. The van der Waals surface area contributed by atoms with Gasteiger partial charge in [0.15, 0.2) is 0 Å². The number of hydrogen-bond acceptors (Lipinski definition) is 6. The SMILES string of the molecule is Cc1cc(Cl)cc(N(C(CC(=O)NC2CCOc3cc(CN(C)CC(C)C)ccc32)c2ccccc2)S(=O)(=O)c2cccs2)c1. The molecule has 0 radical (unpaired) electrons. The van der Waals surface area contributed by atoms with E-state index in [-0.39, 0.29) is 22.6 Å². The number of amides is 1. The monoisotopic (exact) mass is 665 g/mol. The van der Waals surface area contributed by atoms with E-state index in [9.17, 15) is 13.2 Å². The lowest BCUT2D eigenvalue weighted by molar-refractivity contribution is -0.122. The van der Waals surface area contributed by atoms with Crippen LogP contribution in [-0.2, 0) is 21.4 Å². The summed E-state index contributed by atoms with van der Waals surface area (Å²) < 4.78 is 36.1. The fraction of sp³-hybridized carbons (Fsp3) is 0.343. The minimum Gasteiger partial charge on any atom is -0.493 e. The average molecular weight is 666 g/mol. The zero-order chi connectivity index (χ0) is 32.1. The Bertz CT molecular complexity index is 1690. The highest BCUT2D eigenvalue weighted by atomic mass is 35.5. The van der Waals surface area contributed by atoms with E-state index in [2.05, 4.69) is 43.2 Å². The van der Waals surface area contributed by atoms with Crippen molar-refractivity contribution in [1.29, 1.82) is 0 Å². The molecule has 0 fully saturated rings. The maximum Gasteiger partial charge on any atom is 0.274 e. The Morgan fingerprint density at radius 1 is 1.07 bits per heavy atom. The summed E-state index contributed by atoms with van der Waals surface area (Å²) in [5, 5.41) is 5.35. The second-order valence-corrected chi connectivity index (χ2v) is 15.5. The molecule has 0 saturated heterocycles. The lowest BCUT2D eigenvalue weighted by Gasteiger charge is -2.34. The van der Waals surface area contributed by atoms with E-state index >= 15 is 0 Å². The third kappa shape index (κ3) is 8.08. The highest BCUT2D eigenvalue weighted by Crippen LogP contribution is 2.39. The van der Waals surface area contributed by atoms with Crippen LogP contribution in [0.25, 0.3) is 0 Å². The third-order valence-electron chi connectivity index (χ3n) is 7.72. The second-order valence-electron chi connectivity index (χ2n) is 12.1. The van der Waals surface area contributed by atoms with Crippen molar-refractivity contribution in [2.75, 3.05) is 24.5 Å². The van der Waals surface area contributed by atoms with E-state index in [0.29, 0.717) is 35.2 Å². The summed E-state index contributed by atoms with van der Waals surface area (Å²) in [5.74, 6) is 1.09. The van der Waals surface area contributed by atoms with Crippen LogP contribution in [0, 0.1) is 12.8 Å². The molecule has 0 aliphatic carbocycles. The van der Waals surface area contributed by atoms with E-state index in [4.69, 9.17) is 16.3 Å². The predicted molar refractivity (Wildman–Crippen MR) is 183 cm³/mol. The van der Waals surface area contributed by atoms with Crippen LogP contribution in [0.3, 0.4) is 0 Å². The fourth-order valence-electron chi connectivity index (χ4n) is 5.96. The molecule has 0 bridgehead atoms. The van der Waals surface area contributed by atoms with E-state index < -0.39 is 16.1 Å². The number of hydrogen-bond donors (Lipinski definition) is 1. The molecule has 1 amide bonds. The summed E-state index contributed by atoms with van der Waals surface area (Å²) in [7, 11) is -1.94. The van der Waals surface area contributed by atoms with Crippen LogP contribution in [-0.4, -0.2) is 39.4 Å². The Labute approximate surface area is 275 Å². The van der Waals surface area contributed by atoms with Gasteiger partial charge in [-0.2, -0.15) is 0 Å². The molecule has 1 aromatic heterocycles. The standard InChI is InChI=1S/C35H40ClN3O4S2/c1-24(2)22-38(4)23-26-12-13-30-31(14-15-43-33(30)19-26)37-34(40)21-32(27-9-6-5-7-10-27)39(29-18-25(3)17-28(36)20-29)45(41,42)35-11-8-16-44-35/h5-13,16-20,24,31-32H,14-15,21-23H2,1-4H3,(H,37,40). The van der Waals surface area contributed by atoms with Crippen LogP contribution < -0.4 is 14.4 Å². The van der Waals surface area contributed by atoms with E-state index in [1.165, 1.54) is 4.31 Å². The van der Waals surface area contributed by atoms with Crippen molar-refractivity contribution >= 4 is 44.6 Å². The van der Waals surface area contributed by atoms with E-state index in [1.807, 2.05) is 43.3 Å². The molecule has 10 heteroatoms. The van der Waals surface area contributed by atoms with Gasteiger partial charge in [0, 0.05) is 30.1 Å². The van der Waals surface area contributed by atoms with Crippen LogP contribution in [0.2, 0.25) is 5.02 Å². The summed E-state index contributed by atoms with van der Waals surface area (Å²) in [6.45, 7) is 8.55. The third-order valence-corrected chi connectivity index (χ3v) is 11.1. The number of anilines is 1. The first-order valence-electron chi connectivity index (χ1n) is 15.1. The first-order valence-corrected chi connectivity index (χ1v) is 17.8. The molecule has 0 spiro atoms. The number of ether oxygens (including phenoxy) is 1. The zero-order valence-corrected chi connectivity index (χ0v) is 28.5. The normalized spacial score (nSPS) is 15.4. The van der Waals surface area contributed by atoms with Crippen molar-refractivity contribution in [3.05, 3.63) is 112 Å². The maximum absolute atomic E-state index is 14.3. The number of aryl methyl sites for hydroxylation is 1. The molecule has 7 nitrogen and oxygen atoms in total. The fourth-order valence-corrected chi connectivity index (χ4v) is 8.94. The lowest BCUT2D eigenvalue weighted by atomic mass is 9.97. The molecule has 4 aromatic rings. The van der Waals surface area contributed by atoms with Gasteiger partial charge in [0.05, 0.1) is 30.8 Å². The van der Waals surface area contributed by atoms with Gasteiger partial charge in [-0.25, -0.2) is 8.42 Å². The Kier molecular flexibility index (Phi) is 10.5. The number of carbonyl (C=O) groups excluding carboxylic acids is 1. The first-order chi connectivity index (χ1) is 21.5. The van der Waals surface area contributed by atoms with Crippen LogP contribution in [0.1, 0.15) is 61.0 Å². The molecule has 2 heterocycles. The summed E-state index contributed by atoms with van der Waals surface area (Å²) in [6.07, 6.45) is 0.525. The Morgan fingerprint density at radius 3 is 2.53 bits per heavy atom. The molecule has 1 aliphatic heterocycles. The number of sulfonamides is 1. The van der Waals surface area contributed by atoms with Crippen LogP contribution in [0.5, 0.6) is 5.75 Å². The van der Waals surface area contributed by atoms with Crippen LogP contribution in [0.15, 0.2) is 88.5 Å². The molecule has 1 N–H and O–H groups in total. The van der Waals surface area contributed by atoms with Gasteiger partial charge in [-0.3, -0.25) is 9.10 Å². The van der Waals surface area contributed by atoms with E-state index in [1.54, 1.807) is 35.7 Å². The van der Waals surface area contributed by atoms with Crippen molar-refractivity contribution < 1.29 is 17.9 Å². The maximum atomic E-state index is 14.3. The van der Waals surface area contributed by atoms with Crippen molar-refractivity contribution in [2.45, 2.75) is 56.5 Å². The number of nitrogens with one attached hydrogen (secondary N) is 1. The quantitative estimate of drug-likeness (QED) is 0.167. The number of nitrogens with zero attached hydrogens (tertiary/aromatic N) is 2. The largest absolute Gasteiger partial charge is 0.493 e. The summed E-state index contributed by atoms with van der Waals surface area (Å²) in [5.41, 5.74) is 4.00. The Balaban J connectivity index is 1.45. The second kappa shape index (κ2) is 14.4. The topological polar surface area (TPSA) is 79.0 Å².